The van der Waals surface area contributed by atoms with Gasteiger partial charge in [0.05, 0.1) is 16.9 Å². The summed E-state index contributed by atoms with van der Waals surface area (Å²) in [5.74, 6) is 0. The van der Waals surface area contributed by atoms with Crippen molar-refractivity contribution in [1.29, 1.82) is 0 Å². The Morgan fingerprint density at radius 1 is 1.00 bits per heavy atom. The van der Waals surface area contributed by atoms with Crippen LogP contribution in [0.4, 0.5) is 11.4 Å². The second-order valence-electron chi connectivity index (χ2n) is 4.51. The van der Waals surface area contributed by atoms with E-state index in [2.05, 4.69) is 34.9 Å². The summed E-state index contributed by atoms with van der Waals surface area (Å²) in [4.78, 5) is 0. The number of fused-ring (bicyclic) bond motifs is 1. The van der Waals surface area contributed by atoms with Crippen LogP contribution in [0.15, 0.2) is 24.3 Å². The molecule has 0 radical (unpaired) electrons. The lowest BCUT2D eigenvalue weighted by atomic mass is 9.94. The largest absolute Gasteiger partial charge is 0.381 e. The molecule has 2 N–H and O–H groups in total. The van der Waals surface area contributed by atoms with Crippen LogP contribution >= 0.6 is 0 Å². The van der Waals surface area contributed by atoms with Crippen LogP contribution in [0.1, 0.15) is 25.7 Å². The molecule has 1 aliphatic heterocycles. The molecule has 74 valence electrons. The van der Waals surface area contributed by atoms with Crippen molar-refractivity contribution in [3.8, 4) is 0 Å². The molecule has 0 aromatic heterocycles. The summed E-state index contributed by atoms with van der Waals surface area (Å²) in [5, 5.41) is 7.24. The Kier molecular flexibility index (Phi) is 1.69. The monoisotopic (exact) mass is 188 g/mol. The van der Waals surface area contributed by atoms with Crippen molar-refractivity contribution in [2.24, 2.45) is 0 Å². The van der Waals surface area contributed by atoms with Crippen molar-refractivity contribution < 1.29 is 0 Å². The summed E-state index contributed by atoms with van der Waals surface area (Å²) in [6.07, 6.45) is 5.37. The van der Waals surface area contributed by atoms with E-state index in [1.165, 1.54) is 37.1 Å². The molecule has 1 heterocycles. The van der Waals surface area contributed by atoms with Crippen molar-refractivity contribution in [3.63, 3.8) is 0 Å². The second-order valence-corrected chi connectivity index (χ2v) is 4.51. The minimum atomic E-state index is 0.356. The molecule has 1 aliphatic carbocycles. The van der Waals surface area contributed by atoms with Gasteiger partial charge in [0.25, 0.3) is 0 Å². The van der Waals surface area contributed by atoms with E-state index >= 15 is 0 Å². The van der Waals surface area contributed by atoms with E-state index in [1.54, 1.807) is 0 Å². The van der Waals surface area contributed by atoms with E-state index in [9.17, 15) is 0 Å². The number of hydrogen-bond donors (Lipinski definition) is 2. The van der Waals surface area contributed by atoms with Gasteiger partial charge in [-0.1, -0.05) is 25.0 Å². The molecule has 1 saturated carbocycles. The van der Waals surface area contributed by atoms with Gasteiger partial charge >= 0.3 is 0 Å². The predicted molar refractivity (Wildman–Crippen MR) is 59.8 cm³/mol. The third-order valence-electron chi connectivity index (χ3n) is 3.50. The number of nitrogens with one attached hydrogen (secondary N) is 2. The lowest BCUT2D eigenvalue weighted by Crippen LogP contribution is -2.45. The number of rotatable bonds is 0. The maximum atomic E-state index is 3.71. The summed E-state index contributed by atoms with van der Waals surface area (Å²) in [6.45, 7) is 1.09. The molecular formula is C12H16N2. The summed E-state index contributed by atoms with van der Waals surface area (Å²) in [7, 11) is 0. The Balaban J connectivity index is 1.92. The minimum absolute atomic E-state index is 0.356. The molecule has 1 fully saturated rings. The first-order chi connectivity index (χ1) is 6.88. The predicted octanol–water partition coefficient (Wildman–Crippen LogP) is 2.84. The molecule has 2 aliphatic rings. The molecule has 2 heteroatoms. The minimum Gasteiger partial charge on any atom is -0.381 e. The van der Waals surface area contributed by atoms with E-state index in [0.717, 1.165) is 6.54 Å². The van der Waals surface area contributed by atoms with E-state index < -0.39 is 0 Å². The Hall–Kier alpha value is -1.18. The summed E-state index contributed by atoms with van der Waals surface area (Å²) in [5.41, 5.74) is 2.89. The van der Waals surface area contributed by atoms with Crippen molar-refractivity contribution in [1.82, 2.24) is 0 Å². The highest BCUT2D eigenvalue weighted by atomic mass is 15.1. The van der Waals surface area contributed by atoms with Gasteiger partial charge in [-0.25, -0.2) is 0 Å². The maximum absolute atomic E-state index is 3.71. The lowest BCUT2D eigenvalue weighted by molar-refractivity contribution is 0.500. The van der Waals surface area contributed by atoms with Crippen molar-refractivity contribution >= 4 is 11.4 Å². The SMILES string of the molecule is c1ccc2c(c1)NCC1(CCCC1)N2. The van der Waals surface area contributed by atoms with E-state index in [1.807, 2.05) is 0 Å². The van der Waals surface area contributed by atoms with Crippen molar-refractivity contribution in [2.75, 3.05) is 17.2 Å². The highest BCUT2D eigenvalue weighted by molar-refractivity contribution is 5.72. The maximum Gasteiger partial charge on any atom is 0.0580 e. The van der Waals surface area contributed by atoms with Crippen LogP contribution in [0.25, 0.3) is 0 Å². The first-order valence-corrected chi connectivity index (χ1v) is 5.49. The fourth-order valence-electron chi connectivity index (χ4n) is 2.69. The molecule has 1 aromatic rings. The summed E-state index contributed by atoms with van der Waals surface area (Å²) in [6, 6.07) is 8.49. The van der Waals surface area contributed by atoms with Crippen LogP contribution in [0.2, 0.25) is 0 Å². The van der Waals surface area contributed by atoms with Gasteiger partial charge in [-0.05, 0) is 25.0 Å². The molecule has 14 heavy (non-hydrogen) atoms. The fraction of sp³-hybridized carbons (Fsp3) is 0.500. The highest BCUT2D eigenvalue weighted by Gasteiger charge is 2.36. The standard InChI is InChI=1S/C12H16N2/c1-2-6-11-10(5-1)13-9-12(14-11)7-3-4-8-12/h1-2,5-6,13-14H,3-4,7-9H2. The average molecular weight is 188 g/mol. The van der Waals surface area contributed by atoms with Gasteiger partial charge < -0.3 is 10.6 Å². The third-order valence-corrected chi connectivity index (χ3v) is 3.50. The first kappa shape index (κ1) is 8.16. The van der Waals surface area contributed by atoms with Gasteiger partial charge in [0.15, 0.2) is 0 Å². The molecule has 1 spiro atoms. The Morgan fingerprint density at radius 2 is 1.71 bits per heavy atom. The zero-order valence-electron chi connectivity index (χ0n) is 8.34. The topological polar surface area (TPSA) is 24.1 Å². The molecular weight excluding hydrogens is 172 g/mol. The van der Waals surface area contributed by atoms with Gasteiger partial charge in [0.1, 0.15) is 0 Å². The van der Waals surface area contributed by atoms with E-state index in [-0.39, 0.29) is 0 Å². The molecule has 1 aromatic carbocycles. The smallest absolute Gasteiger partial charge is 0.0580 e. The zero-order valence-corrected chi connectivity index (χ0v) is 8.34. The van der Waals surface area contributed by atoms with Crippen molar-refractivity contribution in [2.45, 2.75) is 31.2 Å². The zero-order chi connectivity index (χ0) is 9.43. The fourth-order valence-corrected chi connectivity index (χ4v) is 2.69. The number of para-hydroxylation sites is 2. The highest BCUT2D eigenvalue weighted by Crippen LogP contribution is 2.38. The van der Waals surface area contributed by atoms with E-state index in [0.29, 0.717) is 5.54 Å². The Labute approximate surface area is 84.7 Å². The van der Waals surface area contributed by atoms with Crippen LogP contribution in [0.3, 0.4) is 0 Å². The molecule has 2 nitrogen and oxygen atoms in total. The second kappa shape index (κ2) is 2.91. The van der Waals surface area contributed by atoms with Crippen LogP contribution in [0.5, 0.6) is 0 Å². The molecule has 0 saturated heterocycles. The van der Waals surface area contributed by atoms with Crippen LogP contribution in [0, 0.1) is 0 Å². The van der Waals surface area contributed by atoms with Crippen molar-refractivity contribution in [3.05, 3.63) is 24.3 Å². The summed E-state index contributed by atoms with van der Waals surface area (Å²) < 4.78 is 0. The van der Waals surface area contributed by atoms with Gasteiger partial charge in [0, 0.05) is 6.54 Å². The molecule has 3 rings (SSSR count). The van der Waals surface area contributed by atoms with Gasteiger partial charge in [-0.15, -0.1) is 0 Å². The normalized spacial score (nSPS) is 22.6. The van der Waals surface area contributed by atoms with E-state index in [4.69, 9.17) is 0 Å². The molecule has 0 atom stereocenters. The Morgan fingerprint density at radius 3 is 2.50 bits per heavy atom. The molecule has 0 unspecified atom stereocenters. The van der Waals surface area contributed by atoms with Crippen LogP contribution in [-0.4, -0.2) is 12.1 Å². The number of hydrogen-bond acceptors (Lipinski definition) is 2. The number of anilines is 2. The average Bonchev–Trinajstić information content (AvgIpc) is 2.66. The summed E-state index contributed by atoms with van der Waals surface area (Å²) >= 11 is 0. The first-order valence-electron chi connectivity index (χ1n) is 5.49. The van der Waals surface area contributed by atoms with Crippen LogP contribution < -0.4 is 10.6 Å². The third kappa shape index (κ3) is 1.17. The van der Waals surface area contributed by atoms with Gasteiger partial charge in [0.2, 0.25) is 0 Å². The van der Waals surface area contributed by atoms with Crippen LogP contribution in [-0.2, 0) is 0 Å². The quantitative estimate of drug-likeness (QED) is 0.654. The molecule has 0 amide bonds. The molecule has 0 bridgehead atoms. The Bertz CT molecular complexity index is 340. The lowest BCUT2D eigenvalue weighted by Gasteiger charge is -2.37. The van der Waals surface area contributed by atoms with Gasteiger partial charge in [-0.3, -0.25) is 0 Å². The van der Waals surface area contributed by atoms with Gasteiger partial charge in [-0.2, -0.15) is 0 Å². The number of benzene rings is 1.